The summed E-state index contributed by atoms with van der Waals surface area (Å²) in [5, 5.41) is 0. The average molecular weight is 134 g/mol. The van der Waals surface area contributed by atoms with Crippen molar-refractivity contribution in [3.63, 3.8) is 0 Å². The van der Waals surface area contributed by atoms with E-state index in [2.05, 4.69) is 12.5 Å². The highest BCUT2D eigenvalue weighted by Crippen LogP contribution is 2.42. The van der Waals surface area contributed by atoms with Crippen molar-refractivity contribution < 1.29 is 0 Å². The summed E-state index contributed by atoms with van der Waals surface area (Å²) in [5.74, 6) is 2.88. The van der Waals surface area contributed by atoms with Crippen molar-refractivity contribution in [2.75, 3.05) is 0 Å². The Hall–Kier alpha value is -0.700. The van der Waals surface area contributed by atoms with Gasteiger partial charge >= 0.3 is 0 Å². The molecule has 0 bridgehead atoms. The van der Waals surface area contributed by atoms with E-state index in [9.17, 15) is 0 Å². The lowest BCUT2D eigenvalue weighted by molar-refractivity contribution is 0.504. The van der Waals surface area contributed by atoms with Crippen molar-refractivity contribution in [1.29, 1.82) is 0 Å². The SMILES string of the molecule is C#CC1(C(=C)C)CCCC1. The highest BCUT2D eigenvalue weighted by Gasteiger charge is 2.31. The van der Waals surface area contributed by atoms with E-state index < -0.39 is 0 Å². The molecule has 0 nitrogen and oxygen atoms in total. The first-order valence-electron chi connectivity index (χ1n) is 3.85. The van der Waals surface area contributed by atoms with Crippen molar-refractivity contribution in [2.45, 2.75) is 32.6 Å². The van der Waals surface area contributed by atoms with E-state index in [4.69, 9.17) is 6.42 Å². The normalized spacial score (nSPS) is 22.0. The first-order chi connectivity index (χ1) is 4.71. The van der Waals surface area contributed by atoms with Gasteiger partial charge < -0.3 is 0 Å². The van der Waals surface area contributed by atoms with Crippen molar-refractivity contribution in [2.24, 2.45) is 5.41 Å². The van der Waals surface area contributed by atoms with Crippen LogP contribution in [-0.2, 0) is 0 Å². The van der Waals surface area contributed by atoms with Crippen molar-refractivity contribution in [1.82, 2.24) is 0 Å². The molecule has 1 aliphatic rings. The molecule has 0 aliphatic heterocycles. The molecule has 0 atom stereocenters. The summed E-state index contributed by atoms with van der Waals surface area (Å²) in [7, 11) is 0. The van der Waals surface area contributed by atoms with Gasteiger partial charge in [-0.3, -0.25) is 0 Å². The lowest BCUT2D eigenvalue weighted by Gasteiger charge is -2.21. The molecule has 0 aromatic rings. The average Bonchev–Trinajstić information content (AvgIpc) is 2.35. The fraction of sp³-hybridized carbons (Fsp3) is 0.600. The van der Waals surface area contributed by atoms with Gasteiger partial charge in [-0.25, -0.2) is 0 Å². The second kappa shape index (κ2) is 2.50. The first kappa shape index (κ1) is 7.41. The van der Waals surface area contributed by atoms with E-state index in [0.29, 0.717) is 0 Å². The molecule has 1 saturated carbocycles. The summed E-state index contributed by atoms with van der Waals surface area (Å²) in [6.07, 6.45) is 10.3. The molecule has 0 aromatic heterocycles. The molecular weight excluding hydrogens is 120 g/mol. The van der Waals surface area contributed by atoms with Gasteiger partial charge in [0, 0.05) is 0 Å². The Bertz CT molecular complexity index is 175. The van der Waals surface area contributed by atoms with Gasteiger partial charge in [-0.05, 0) is 19.8 Å². The van der Waals surface area contributed by atoms with Crippen LogP contribution in [0.25, 0.3) is 0 Å². The van der Waals surface area contributed by atoms with Crippen LogP contribution in [-0.4, -0.2) is 0 Å². The summed E-state index contributed by atoms with van der Waals surface area (Å²) in [6, 6.07) is 0. The molecule has 0 spiro atoms. The number of rotatable bonds is 1. The van der Waals surface area contributed by atoms with Gasteiger partial charge in [-0.15, -0.1) is 6.42 Å². The molecule has 0 amide bonds. The van der Waals surface area contributed by atoms with Gasteiger partial charge in [0.05, 0.1) is 5.41 Å². The molecule has 0 aromatic carbocycles. The van der Waals surface area contributed by atoms with Crippen LogP contribution in [0.15, 0.2) is 12.2 Å². The summed E-state index contributed by atoms with van der Waals surface area (Å²) < 4.78 is 0. The standard InChI is InChI=1S/C10H14/c1-4-10(9(2)3)7-5-6-8-10/h1H,2,5-8H2,3H3. The van der Waals surface area contributed by atoms with E-state index in [1.165, 1.54) is 18.4 Å². The van der Waals surface area contributed by atoms with Crippen LogP contribution in [0.4, 0.5) is 0 Å². The van der Waals surface area contributed by atoms with Crippen LogP contribution in [0.3, 0.4) is 0 Å². The van der Waals surface area contributed by atoms with Gasteiger partial charge in [-0.1, -0.05) is 30.9 Å². The largest absolute Gasteiger partial charge is 0.119 e. The minimum Gasteiger partial charge on any atom is -0.119 e. The molecular formula is C10H14. The molecule has 1 rings (SSSR count). The highest BCUT2D eigenvalue weighted by atomic mass is 14.3. The quantitative estimate of drug-likeness (QED) is 0.382. The third kappa shape index (κ3) is 0.968. The lowest BCUT2D eigenvalue weighted by Crippen LogP contribution is -2.13. The first-order valence-corrected chi connectivity index (χ1v) is 3.85. The number of hydrogen-bond donors (Lipinski definition) is 0. The zero-order chi connectivity index (χ0) is 7.61. The van der Waals surface area contributed by atoms with Crippen LogP contribution < -0.4 is 0 Å². The molecule has 0 saturated heterocycles. The molecule has 0 radical (unpaired) electrons. The van der Waals surface area contributed by atoms with Crippen LogP contribution >= 0.6 is 0 Å². The second-order valence-electron chi connectivity index (χ2n) is 3.21. The Morgan fingerprint density at radius 3 is 2.20 bits per heavy atom. The molecule has 1 fully saturated rings. The second-order valence-corrected chi connectivity index (χ2v) is 3.21. The van der Waals surface area contributed by atoms with E-state index in [1.807, 2.05) is 6.92 Å². The molecule has 1 aliphatic carbocycles. The Morgan fingerprint density at radius 2 is 2.00 bits per heavy atom. The van der Waals surface area contributed by atoms with E-state index >= 15 is 0 Å². The maximum Gasteiger partial charge on any atom is 0.0515 e. The molecule has 10 heavy (non-hydrogen) atoms. The topological polar surface area (TPSA) is 0 Å². The predicted octanol–water partition coefficient (Wildman–Crippen LogP) is 2.76. The van der Waals surface area contributed by atoms with E-state index in [0.717, 1.165) is 12.8 Å². The molecule has 0 heteroatoms. The van der Waals surface area contributed by atoms with Crippen LogP contribution in [0, 0.1) is 17.8 Å². The Kier molecular flexibility index (Phi) is 1.85. The van der Waals surface area contributed by atoms with E-state index in [-0.39, 0.29) is 5.41 Å². The number of hydrogen-bond acceptors (Lipinski definition) is 0. The summed E-state index contributed by atoms with van der Waals surface area (Å²) in [5.41, 5.74) is 1.24. The van der Waals surface area contributed by atoms with Gasteiger partial charge in [0.2, 0.25) is 0 Å². The fourth-order valence-electron chi connectivity index (χ4n) is 1.67. The van der Waals surface area contributed by atoms with Crippen molar-refractivity contribution in [3.8, 4) is 12.3 Å². The fourth-order valence-corrected chi connectivity index (χ4v) is 1.67. The third-order valence-electron chi connectivity index (χ3n) is 2.55. The van der Waals surface area contributed by atoms with Crippen molar-refractivity contribution >= 4 is 0 Å². The Labute approximate surface area is 63.3 Å². The number of terminal acetylenes is 1. The summed E-state index contributed by atoms with van der Waals surface area (Å²) >= 11 is 0. The number of allylic oxidation sites excluding steroid dienone is 1. The van der Waals surface area contributed by atoms with E-state index in [1.54, 1.807) is 0 Å². The zero-order valence-corrected chi connectivity index (χ0v) is 6.61. The predicted molar refractivity (Wildman–Crippen MR) is 44.5 cm³/mol. The maximum absolute atomic E-state index is 5.46. The van der Waals surface area contributed by atoms with Gasteiger partial charge in [0.1, 0.15) is 0 Å². The maximum atomic E-state index is 5.46. The third-order valence-corrected chi connectivity index (χ3v) is 2.55. The molecule has 0 N–H and O–H groups in total. The lowest BCUT2D eigenvalue weighted by atomic mass is 9.81. The smallest absolute Gasteiger partial charge is 0.0515 e. The van der Waals surface area contributed by atoms with Gasteiger partial charge in [-0.2, -0.15) is 0 Å². The monoisotopic (exact) mass is 134 g/mol. The van der Waals surface area contributed by atoms with Crippen LogP contribution in [0.2, 0.25) is 0 Å². The summed E-state index contributed by atoms with van der Waals surface area (Å²) in [4.78, 5) is 0. The highest BCUT2D eigenvalue weighted by molar-refractivity contribution is 5.23. The Morgan fingerprint density at radius 1 is 1.50 bits per heavy atom. The van der Waals surface area contributed by atoms with Gasteiger partial charge in [0.25, 0.3) is 0 Å². The summed E-state index contributed by atoms with van der Waals surface area (Å²) in [6.45, 7) is 5.98. The van der Waals surface area contributed by atoms with Gasteiger partial charge in [0.15, 0.2) is 0 Å². The Balaban J connectivity index is 2.80. The molecule has 54 valence electrons. The molecule has 0 unspecified atom stereocenters. The minimum absolute atomic E-state index is 0.0694. The molecule has 0 heterocycles. The van der Waals surface area contributed by atoms with Crippen LogP contribution in [0.1, 0.15) is 32.6 Å². The van der Waals surface area contributed by atoms with Crippen LogP contribution in [0.5, 0.6) is 0 Å². The zero-order valence-electron chi connectivity index (χ0n) is 6.61. The van der Waals surface area contributed by atoms with Crippen molar-refractivity contribution in [3.05, 3.63) is 12.2 Å². The minimum atomic E-state index is 0.0694.